The number of pyridine rings is 1. The van der Waals surface area contributed by atoms with Gasteiger partial charge in [0.05, 0.1) is 0 Å². The number of ether oxygens (including phenoxy) is 1. The van der Waals surface area contributed by atoms with Gasteiger partial charge in [-0.05, 0) is 39.3 Å². The maximum atomic E-state index is 11.8. The molecule has 0 aliphatic rings. The largest absolute Gasteiger partial charge is 0.443 e. The van der Waals surface area contributed by atoms with E-state index < -0.39 is 11.7 Å². The van der Waals surface area contributed by atoms with Gasteiger partial charge in [0, 0.05) is 13.2 Å². The Morgan fingerprint density at radius 3 is 2.56 bits per heavy atom. The smallest absolute Gasteiger partial charge is 0.415 e. The molecular formula is C12H18N2O2. The van der Waals surface area contributed by atoms with E-state index in [0.29, 0.717) is 5.82 Å². The third-order valence-corrected chi connectivity index (χ3v) is 1.97. The number of aromatic nitrogens is 1. The molecule has 0 atom stereocenters. The summed E-state index contributed by atoms with van der Waals surface area (Å²) in [7, 11) is 1.66. The molecule has 0 fully saturated rings. The molecule has 1 rings (SSSR count). The fourth-order valence-corrected chi connectivity index (χ4v) is 1.25. The van der Waals surface area contributed by atoms with Crippen molar-refractivity contribution in [1.29, 1.82) is 0 Å². The fourth-order valence-electron chi connectivity index (χ4n) is 1.25. The molecule has 0 spiro atoms. The SMILES string of the molecule is Cc1cccnc1N(C)C(=O)OC(C)(C)C. The van der Waals surface area contributed by atoms with E-state index in [1.54, 1.807) is 13.2 Å². The molecule has 0 radical (unpaired) electrons. The lowest BCUT2D eigenvalue weighted by molar-refractivity contribution is 0.0588. The molecule has 88 valence electrons. The van der Waals surface area contributed by atoms with Crippen LogP contribution >= 0.6 is 0 Å². The molecule has 0 unspecified atom stereocenters. The number of rotatable bonds is 1. The van der Waals surface area contributed by atoms with Crippen molar-refractivity contribution in [1.82, 2.24) is 4.98 Å². The van der Waals surface area contributed by atoms with Gasteiger partial charge in [-0.3, -0.25) is 4.90 Å². The summed E-state index contributed by atoms with van der Waals surface area (Å²) in [6, 6.07) is 3.74. The highest BCUT2D eigenvalue weighted by atomic mass is 16.6. The number of anilines is 1. The van der Waals surface area contributed by atoms with Crippen molar-refractivity contribution in [3.63, 3.8) is 0 Å². The summed E-state index contributed by atoms with van der Waals surface area (Å²) in [5.74, 6) is 0.622. The van der Waals surface area contributed by atoms with Gasteiger partial charge in [0.2, 0.25) is 0 Å². The van der Waals surface area contributed by atoms with Gasteiger partial charge in [0.25, 0.3) is 0 Å². The van der Waals surface area contributed by atoms with Crippen LogP contribution in [0.4, 0.5) is 10.6 Å². The van der Waals surface area contributed by atoms with Crippen LogP contribution in [0.15, 0.2) is 18.3 Å². The average molecular weight is 222 g/mol. The summed E-state index contributed by atoms with van der Waals surface area (Å²) in [6.07, 6.45) is 1.26. The summed E-state index contributed by atoms with van der Waals surface area (Å²) < 4.78 is 5.26. The second-order valence-corrected chi connectivity index (χ2v) is 4.68. The van der Waals surface area contributed by atoms with Crippen LogP contribution < -0.4 is 4.90 Å². The Kier molecular flexibility index (Phi) is 3.52. The molecule has 4 heteroatoms. The first kappa shape index (κ1) is 12.5. The van der Waals surface area contributed by atoms with Crippen molar-refractivity contribution in [2.75, 3.05) is 11.9 Å². The zero-order chi connectivity index (χ0) is 12.3. The zero-order valence-corrected chi connectivity index (χ0v) is 10.4. The Morgan fingerprint density at radius 2 is 2.06 bits per heavy atom. The number of amides is 1. The minimum atomic E-state index is -0.492. The van der Waals surface area contributed by atoms with Crippen LogP contribution in [0.1, 0.15) is 26.3 Å². The van der Waals surface area contributed by atoms with Gasteiger partial charge < -0.3 is 4.74 Å². The lowest BCUT2D eigenvalue weighted by Gasteiger charge is -2.24. The third kappa shape index (κ3) is 3.22. The van der Waals surface area contributed by atoms with Crippen LogP contribution in [0.25, 0.3) is 0 Å². The topological polar surface area (TPSA) is 42.4 Å². The van der Waals surface area contributed by atoms with Crippen LogP contribution in [-0.2, 0) is 4.74 Å². The minimum absolute atomic E-state index is 0.394. The molecule has 1 aromatic rings. The highest BCUT2D eigenvalue weighted by Crippen LogP contribution is 2.17. The van der Waals surface area contributed by atoms with Crippen LogP contribution in [0.5, 0.6) is 0 Å². The average Bonchev–Trinajstić information content (AvgIpc) is 2.15. The van der Waals surface area contributed by atoms with Crippen molar-refractivity contribution in [3.8, 4) is 0 Å². The van der Waals surface area contributed by atoms with Gasteiger partial charge in [-0.15, -0.1) is 0 Å². The van der Waals surface area contributed by atoms with Gasteiger partial charge in [0.15, 0.2) is 0 Å². The maximum absolute atomic E-state index is 11.8. The number of nitrogens with zero attached hydrogens (tertiary/aromatic N) is 2. The van der Waals surface area contributed by atoms with Gasteiger partial charge in [0.1, 0.15) is 11.4 Å². The van der Waals surface area contributed by atoms with Crippen molar-refractivity contribution in [3.05, 3.63) is 23.9 Å². The zero-order valence-electron chi connectivity index (χ0n) is 10.4. The molecule has 0 saturated heterocycles. The van der Waals surface area contributed by atoms with Crippen LogP contribution in [0.2, 0.25) is 0 Å². The summed E-state index contributed by atoms with van der Waals surface area (Å²) >= 11 is 0. The monoisotopic (exact) mass is 222 g/mol. The number of carbonyl (C=O) groups excluding carboxylic acids is 1. The molecule has 1 aromatic heterocycles. The van der Waals surface area contributed by atoms with E-state index in [-0.39, 0.29) is 0 Å². The van der Waals surface area contributed by atoms with E-state index in [4.69, 9.17) is 4.74 Å². The van der Waals surface area contributed by atoms with E-state index in [9.17, 15) is 4.79 Å². The normalized spacial score (nSPS) is 11.1. The standard InChI is InChI=1S/C12H18N2O2/c1-9-7-6-8-13-10(9)14(5)11(15)16-12(2,3)4/h6-8H,1-5H3. The minimum Gasteiger partial charge on any atom is -0.443 e. The summed E-state index contributed by atoms with van der Waals surface area (Å²) in [6.45, 7) is 7.42. The Morgan fingerprint density at radius 1 is 1.44 bits per heavy atom. The van der Waals surface area contributed by atoms with Crippen LogP contribution in [0.3, 0.4) is 0 Å². The summed E-state index contributed by atoms with van der Waals surface area (Å²) in [4.78, 5) is 17.3. The Balaban J connectivity index is 2.83. The molecule has 0 aromatic carbocycles. The molecular weight excluding hydrogens is 204 g/mol. The second kappa shape index (κ2) is 4.51. The van der Waals surface area contributed by atoms with E-state index in [1.165, 1.54) is 4.90 Å². The Bertz CT molecular complexity index is 383. The lowest BCUT2D eigenvalue weighted by atomic mass is 10.2. The van der Waals surface area contributed by atoms with Crippen molar-refractivity contribution in [2.24, 2.45) is 0 Å². The van der Waals surface area contributed by atoms with E-state index >= 15 is 0 Å². The maximum Gasteiger partial charge on any atom is 0.415 e. The molecule has 4 nitrogen and oxygen atoms in total. The first-order valence-electron chi connectivity index (χ1n) is 5.19. The summed E-state index contributed by atoms with van der Waals surface area (Å²) in [5, 5.41) is 0. The predicted molar refractivity (Wildman–Crippen MR) is 63.6 cm³/mol. The van der Waals surface area contributed by atoms with Gasteiger partial charge in [-0.1, -0.05) is 6.07 Å². The van der Waals surface area contributed by atoms with E-state index in [0.717, 1.165) is 5.56 Å². The molecule has 0 saturated carbocycles. The first-order valence-corrected chi connectivity index (χ1v) is 5.19. The summed E-state index contributed by atoms with van der Waals surface area (Å²) in [5.41, 5.74) is 0.449. The van der Waals surface area contributed by atoms with Crippen LogP contribution in [0, 0.1) is 6.92 Å². The molecule has 0 bridgehead atoms. The number of hydrogen-bond acceptors (Lipinski definition) is 3. The van der Waals surface area contributed by atoms with Gasteiger partial charge in [-0.25, -0.2) is 9.78 Å². The highest BCUT2D eigenvalue weighted by molar-refractivity contribution is 5.86. The van der Waals surface area contributed by atoms with E-state index in [2.05, 4.69) is 4.98 Å². The molecule has 0 aliphatic carbocycles. The van der Waals surface area contributed by atoms with Gasteiger partial charge >= 0.3 is 6.09 Å². The first-order chi connectivity index (χ1) is 7.31. The van der Waals surface area contributed by atoms with Gasteiger partial charge in [-0.2, -0.15) is 0 Å². The number of aryl methyl sites for hydroxylation is 1. The predicted octanol–water partition coefficient (Wildman–Crippen LogP) is 2.76. The number of carbonyl (C=O) groups is 1. The fraction of sp³-hybridized carbons (Fsp3) is 0.500. The molecule has 0 N–H and O–H groups in total. The lowest BCUT2D eigenvalue weighted by Crippen LogP contribution is -2.34. The number of hydrogen-bond donors (Lipinski definition) is 0. The van der Waals surface area contributed by atoms with Crippen molar-refractivity contribution < 1.29 is 9.53 Å². The Labute approximate surface area is 96.2 Å². The van der Waals surface area contributed by atoms with Crippen LogP contribution in [-0.4, -0.2) is 23.7 Å². The molecule has 1 heterocycles. The van der Waals surface area contributed by atoms with Crippen molar-refractivity contribution >= 4 is 11.9 Å². The quantitative estimate of drug-likeness (QED) is 0.733. The molecule has 1 amide bonds. The van der Waals surface area contributed by atoms with Crippen molar-refractivity contribution in [2.45, 2.75) is 33.3 Å². The van der Waals surface area contributed by atoms with E-state index in [1.807, 2.05) is 39.8 Å². The third-order valence-electron chi connectivity index (χ3n) is 1.97. The highest BCUT2D eigenvalue weighted by Gasteiger charge is 2.21. The molecule has 0 aliphatic heterocycles. The second-order valence-electron chi connectivity index (χ2n) is 4.68. The Hall–Kier alpha value is -1.58. The molecule has 16 heavy (non-hydrogen) atoms.